The van der Waals surface area contributed by atoms with E-state index < -0.39 is 17.8 Å². The fraction of sp³-hybridized carbons (Fsp3) is 0.438. The Labute approximate surface area is 250 Å². The molecule has 2 saturated heterocycles. The Bertz CT molecular complexity index is 1560. The van der Waals surface area contributed by atoms with Crippen molar-refractivity contribution in [2.24, 2.45) is 0 Å². The SMILES string of the molecule is C=C(F)C(=O)N1CCN(c2nc(OC[C@@H]3CCCN3C)nc3cc(-c4cccc5c4SCCC5)ccc23)C[C@@H]1CC#N. The number of aromatic nitrogens is 2. The monoisotopic (exact) mass is 586 g/mol. The Morgan fingerprint density at radius 2 is 2.07 bits per heavy atom. The Morgan fingerprint density at radius 1 is 1.19 bits per heavy atom. The van der Waals surface area contributed by atoms with E-state index in [9.17, 15) is 14.4 Å². The first-order valence-electron chi connectivity index (χ1n) is 14.6. The second-order valence-corrected chi connectivity index (χ2v) is 12.4. The molecule has 0 radical (unpaired) electrons. The fourth-order valence-electron chi connectivity index (χ4n) is 6.29. The summed E-state index contributed by atoms with van der Waals surface area (Å²) in [6, 6.07) is 15.1. The third kappa shape index (κ3) is 5.68. The van der Waals surface area contributed by atoms with E-state index >= 15 is 0 Å². The number of fused-ring (bicyclic) bond motifs is 2. The maximum absolute atomic E-state index is 13.8. The lowest BCUT2D eigenvalue weighted by Gasteiger charge is -2.41. The molecule has 4 heterocycles. The quantitative estimate of drug-likeness (QED) is 0.349. The highest BCUT2D eigenvalue weighted by molar-refractivity contribution is 7.99. The molecule has 3 aliphatic rings. The van der Waals surface area contributed by atoms with E-state index in [0.29, 0.717) is 37.6 Å². The van der Waals surface area contributed by atoms with Crippen molar-refractivity contribution in [2.45, 2.75) is 49.1 Å². The second kappa shape index (κ2) is 12.3. The third-order valence-corrected chi connectivity index (χ3v) is 9.84. The Hall–Kier alpha value is -3.68. The number of anilines is 1. The van der Waals surface area contributed by atoms with Crippen LogP contribution in [0.15, 0.2) is 53.7 Å². The topological polar surface area (TPSA) is 85.6 Å². The van der Waals surface area contributed by atoms with Crippen LogP contribution >= 0.6 is 11.8 Å². The molecule has 2 atom stereocenters. The number of carbonyl (C=O) groups is 1. The molecule has 0 bridgehead atoms. The molecule has 6 rings (SSSR count). The highest BCUT2D eigenvalue weighted by Crippen LogP contribution is 2.40. The highest BCUT2D eigenvalue weighted by atomic mass is 32.2. The van der Waals surface area contributed by atoms with Crippen molar-refractivity contribution in [3.8, 4) is 23.2 Å². The number of halogens is 1. The van der Waals surface area contributed by atoms with E-state index in [1.807, 2.05) is 11.8 Å². The van der Waals surface area contributed by atoms with Crippen LogP contribution in [-0.4, -0.2) is 83.3 Å². The maximum Gasteiger partial charge on any atom is 0.319 e. The lowest BCUT2D eigenvalue weighted by atomic mass is 9.99. The number of carbonyl (C=O) groups excluding carboxylic acids is 1. The molecule has 0 aliphatic carbocycles. The van der Waals surface area contributed by atoms with Gasteiger partial charge in [-0.05, 0) is 73.9 Å². The predicted octanol–water partition coefficient (Wildman–Crippen LogP) is 5.22. The summed E-state index contributed by atoms with van der Waals surface area (Å²) >= 11 is 1.91. The number of nitrogens with zero attached hydrogens (tertiary/aromatic N) is 6. The van der Waals surface area contributed by atoms with Crippen molar-refractivity contribution in [3.05, 3.63) is 54.4 Å². The van der Waals surface area contributed by atoms with Gasteiger partial charge in [-0.15, -0.1) is 11.8 Å². The van der Waals surface area contributed by atoms with Gasteiger partial charge in [0.1, 0.15) is 12.4 Å². The van der Waals surface area contributed by atoms with E-state index in [1.165, 1.54) is 27.3 Å². The molecule has 0 spiro atoms. The Kier molecular flexibility index (Phi) is 8.31. The van der Waals surface area contributed by atoms with Gasteiger partial charge in [-0.1, -0.05) is 30.8 Å². The molecule has 1 aromatic heterocycles. The molecule has 0 saturated carbocycles. The van der Waals surface area contributed by atoms with Crippen molar-refractivity contribution in [3.63, 3.8) is 0 Å². The number of rotatable bonds is 7. The number of hydrogen-bond donors (Lipinski definition) is 0. The minimum Gasteiger partial charge on any atom is -0.462 e. The van der Waals surface area contributed by atoms with Crippen LogP contribution in [0, 0.1) is 11.3 Å². The van der Waals surface area contributed by atoms with Crippen LogP contribution in [0.25, 0.3) is 22.0 Å². The van der Waals surface area contributed by atoms with Gasteiger partial charge in [-0.3, -0.25) is 4.79 Å². The standard InChI is InChI=1S/C32H35FN6O2S/c1-21(33)31(40)39-16-15-38(19-24(39)12-13-34)30-27-11-10-23(26-9-3-6-22-7-5-17-42-29(22)26)18-28(27)35-32(36-30)41-20-25-8-4-14-37(25)2/h3,6,9-11,18,24-25H,1,4-5,7-8,12,14-17,19-20H2,2H3/t24-,25-/m0/s1. The molecule has 1 amide bonds. The number of hydrogen-bond acceptors (Lipinski definition) is 8. The average Bonchev–Trinajstić information content (AvgIpc) is 3.43. The van der Waals surface area contributed by atoms with E-state index in [-0.39, 0.29) is 13.0 Å². The van der Waals surface area contributed by atoms with E-state index in [4.69, 9.17) is 14.7 Å². The van der Waals surface area contributed by atoms with Gasteiger partial charge in [-0.25, -0.2) is 4.39 Å². The molecular formula is C32H35FN6O2S. The normalized spacial score (nSPS) is 20.8. The first kappa shape index (κ1) is 28.4. The molecule has 3 aliphatic heterocycles. The zero-order valence-corrected chi connectivity index (χ0v) is 24.7. The van der Waals surface area contributed by atoms with Crippen molar-refractivity contribution in [2.75, 3.05) is 50.5 Å². The van der Waals surface area contributed by atoms with E-state index in [1.54, 1.807) is 0 Å². The molecule has 2 aromatic carbocycles. The lowest BCUT2D eigenvalue weighted by Crippen LogP contribution is -2.55. The summed E-state index contributed by atoms with van der Waals surface area (Å²) in [5, 5.41) is 10.3. The molecule has 8 nitrogen and oxygen atoms in total. The fourth-order valence-corrected chi connectivity index (χ4v) is 7.48. The van der Waals surface area contributed by atoms with Crippen molar-refractivity contribution < 1.29 is 13.9 Å². The minimum atomic E-state index is -1.01. The molecule has 0 unspecified atom stereocenters. The highest BCUT2D eigenvalue weighted by Gasteiger charge is 2.33. The number of nitriles is 1. The lowest BCUT2D eigenvalue weighted by molar-refractivity contribution is -0.131. The van der Waals surface area contributed by atoms with Gasteiger partial charge < -0.3 is 19.4 Å². The number of likely N-dealkylation sites (tertiary alicyclic amines) is 1. The molecule has 42 heavy (non-hydrogen) atoms. The first-order chi connectivity index (χ1) is 20.4. The van der Waals surface area contributed by atoms with Crippen LogP contribution in [0.4, 0.5) is 10.2 Å². The van der Waals surface area contributed by atoms with Gasteiger partial charge in [-0.2, -0.15) is 15.2 Å². The zero-order chi connectivity index (χ0) is 29.2. The van der Waals surface area contributed by atoms with Crippen LogP contribution in [0.1, 0.15) is 31.2 Å². The Morgan fingerprint density at radius 3 is 2.86 bits per heavy atom. The summed E-state index contributed by atoms with van der Waals surface area (Å²) in [6.07, 6.45) is 4.58. The molecule has 10 heteroatoms. The number of aryl methyl sites for hydroxylation is 1. The number of likely N-dealkylation sites (N-methyl/N-ethyl adjacent to an activating group) is 1. The number of benzene rings is 2. The molecule has 0 N–H and O–H groups in total. The number of piperazine rings is 1. The van der Waals surface area contributed by atoms with Gasteiger partial charge in [0, 0.05) is 36.0 Å². The van der Waals surface area contributed by atoms with Gasteiger partial charge in [0.15, 0.2) is 5.83 Å². The molecule has 3 aromatic rings. The van der Waals surface area contributed by atoms with Crippen LogP contribution in [0.2, 0.25) is 0 Å². The van der Waals surface area contributed by atoms with Gasteiger partial charge in [0.2, 0.25) is 0 Å². The number of ether oxygens (including phenoxy) is 1. The second-order valence-electron chi connectivity index (χ2n) is 11.3. The van der Waals surface area contributed by atoms with Crippen LogP contribution in [-0.2, 0) is 11.2 Å². The third-order valence-electron chi connectivity index (χ3n) is 8.58. The van der Waals surface area contributed by atoms with Crippen molar-refractivity contribution >= 4 is 34.4 Å². The van der Waals surface area contributed by atoms with E-state index in [2.05, 4.69) is 65.9 Å². The number of amides is 1. The van der Waals surface area contributed by atoms with Crippen molar-refractivity contribution in [1.82, 2.24) is 19.8 Å². The Balaban J connectivity index is 1.38. The first-order valence-corrected chi connectivity index (χ1v) is 15.6. The van der Waals surface area contributed by atoms with E-state index in [0.717, 1.165) is 48.0 Å². The molecule has 2 fully saturated rings. The van der Waals surface area contributed by atoms with Crippen LogP contribution in [0.5, 0.6) is 6.01 Å². The van der Waals surface area contributed by atoms with Gasteiger partial charge in [0.25, 0.3) is 5.91 Å². The maximum atomic E-state index is 13.8. The summed E-state index contributed by atoms with van der Waals surface area (Å²) in [6.45, 7) is 5.76. The van der Waals surface area contributed by atoms with Gasteiger partial charge in [0.05, 0.1) is 24.0 Å². The molecular weight excluding hydrogens is 551 g/mol. The average molecular weight is 587 g/mol. The summed E-state index contributed by atoms with van der Waals surface area (Å²) in [5.41, 5.74) is 4.48. The summed E-state index contributed by atoms with van der Waals surface area (Å²) in [7, 11) is 2.11. The van der Waals surface area contributed by atoms with Gasteiger partial charge >= 0.3 is 6.01 Å². The number of thioether (sulfide) groups is 1. The summed E-state index contributed by atoms with van der Waals surface area (Å²) < 4.78 is 20.0. The smallest absolute Gasteiger partial charge is 0.319 e. The van der Waals surface area contributed by atoms with Crippen LogP contribution < -0.4 is 9.64 Å². The van der Waals surface area contributed by atoms with Crippen molar-refractivity contribution in [1.29, 1.82) is 5.26 Å². The molecule has 218 valence electrons. The predicted molar refractivity (Wildman–Crippen MR) is 163 cm³/mol. The van der Waals surface area contributed by atoms with Crippen LogP contribution in [0.3, 0.4) is 0 Å². The zero-order valence-electron chi connectivity index (χ0n) is 23.9. The summed E-state index contributed by atoms with van der Waals surface area (Å²) in [4.78, 5) is 29.3. The summed E-state index contributed by atoms with van der Waals surface area (Å²) in [5.74, 6) is 0.0343. The largest absolute Gasteiger partial charge is 0.462 e. The minimum absolute atomic E-state index is 0.0802.